The highest BCUT2D eigenvalue weighted by Gasteiger charge is 2.13. The summed E-state index contributed by atoms with van der Waals surface area (Å²) in [6.07, 6.45) is 0.474. The van der Waals surface area contributed by atoms with Gasteiger partial charge >= 0.3 is 5.97 Å². The predicted molar refractivity (Wildman–Crippen MR) is 45.7 cm³/mol. The summed E-state index contributed by atoms with van der Waals surface area (Å²) in [5.41, 5.74) is 1.16. The van der Waals surface area contributed by atoms with Crippen molar-refractivity contribution >= 4 is 29.4 Å². The minimum absolute atomic E-state index is 0.166. The number of hydrogen-bond acceptors (Lipinski definition) is 3. The Kier molecular flexibility index (Phi) is 2.44. The molecule has 1 aromatic rings. The molecule has 1 amide bonds. The van der Waals surface area contributed by atoms with Gasteiger partial charge in [0.15, 0.2) is 0 Å². The average molecular weight is 185 g/mol. The summed E-state index contributed by atoms with van der Waals surface area (Å²) < 4.78 is 0. The fraction of sp³-hybridized carbons (Fsp3) is 0.143. The molecule has 0 unspecified atom stereocenters. The molecule has 0 bridgehead atoms. The van der Waals surface area contributed by atoms with Crippen molar-refractivity contribution in [2.75, 3.05) is 5.32 Å². The van der Waals surface area contributed by atoms with Crippen molar-refractivity contribution in [2.24, 2.45) is 0 Å². The lowest BCUT2D eigenvalue weighted by molar-refractivity contribution is -0.105. The van der Waals surface area contributed by atoms with Gasteiger partial charge in [-0.25, -0.2) is 4.79 Å². The molecule has 4 nitrogen and oxygen atoms in total. The molecular weight excluding hydrogens is 178 g/mol. The highest BCUT2D eigenvalue weighted by Crippen LogP contribution is 2.26. The Hall–Kier alpha value is -1.36. The zero-order valence-corrected chi connectivity index (χ0v) is 7.14. The number of anilines is 1. The van der Waals surface area contributed by atoms with E-state index in [2.05, 4.69) is 5.32 Å². The van der Waals surface area contributed by atoms with Crippen LogP contribution >= 0.6 is 11.3 Å². The minimum Gasteiger partial charge on any atom is -0.477 e. The molecule has 0 aliphatic rings. The molecule has 0 atom stereocenters. The number of thiophene rings is 1. The Morgan fingerprint density at radius 3 is 2.92 bits per heavy atom. The van der Waals surface area contributed by atoms with Gasteiger partial charge in [-0.1, -0.05) is 0 Å². The molecule has 1 rings (SSSR count). The summed E-state index contributed by atoms with van der Waals surface area (Å²) in [4.78, 5) is 20.8. The second kappa shape index (κ2) is 3.36. The molecule has 0 fully saturated rings. The van der Waals surface area contributed by atoms with Gasteiger partial charge in [-0.15, -0.1) is 11.3 Å². The fourth-order valence-corrected chi connectivity index (χ4v) is 1.69. The van der Waals surface area contributed by atoms with Crippen LogP contribution in [-0.4, -0.2) is 17.5 Å². The van der Waals surface area contributed by atoms with Crippen LogP contribution in [0.1, 0.15) is 15.2 Å². The highest BCUT2D eigenvalue weighted by molar-refractivity contribution is 7.12. The number of hydrogen-bond donors (Lipinski definition) is 2. The third kappa shape index (κ3) is 1.45. The first-order valence-electron chi connectivity index (χ1n) is 3.18. The van der Waals surface area contributed by atoms with Crippen LogP contribution in [0.25, 0.3) is 0 Å². The Bertz CT molecular complexity index is 318. The third-order valence-electron chi connectivity index (χ3n) is 1.37. The number of nitrogens with one attached hydrogen (secondary N) is 1. The van der Waals surface area contributed by atoms with Crippen molar-refractivity contribution in [3.8, 4) is 0 Å². The SMILES string of the molecule is Cc1csc(C(=O)O)c1NC=O. The number of rotatable bonds is 3. The van der Waals surface area contributed by atoms with Gasteiger partial charge in [0.1, 0.15) is 4.88 Å². The van der Waals surface area contributed by atoms with E-state index in [1.807, 2.05) is 0 Å². The van der Waals surface area contributed by atoms with Crippen LogP contribution in [0.2, 0.25) is 0 Å². The van der Waals surface area contributed by atoms with Crippen molar-refractivity contribution in [2.45, 2.75) is 6.92 Å². The second-order valence-corrected chi connectivity index (χ2v) is 3.07. The molecule has 64 valence electrons. The Labute approximate surface area is 72.8 Å². The maximum atomic E-state index is 10.6. The van der Waals surface area contributed by atoms with Crippen LogP contribution in [0, 0.1) is 6.92 Å². The van der Waals surface area contributed by atoms with Gasteiger partial charge in [-0.3, -0.25) is 4.79 Å². The van der Waals surface area contributed by atoms with E-state index in [0.717, 1.165) is 16.9 Å². The Balaban J connectivity index is 3.11. The number of carbonyl (C=O) groups excluding carboxylic acids is 1. The summed E-state index contributed by atoms with van der Waals surface area (Å²) in [5, 5.41) is 12.7. The topological polar surface area (TPSA) is 66.4 Å². The number of aryl methyl sites for hydroxylation is 1. The quantitative estimate of drug-likeness (QED) is 0.698. The molecule has 12 heavy (non-hydrogen) atoms. The van der Waals surface area contributed by atoms with Crippen molar-refractivity contribution in [1.29, 1.82) is 0 Å². The summed E-state index contributed by atoms with van der Waals surface area (Å²) in [6.45, 7) is 1.74. The molecule has 5 heteroatoms. The first-order chi connectivity index (χ1) is 5.66. The van der Waals surface area contributed by atoms with Crippen molar-refractivity contribution in [3.05, 3.63) is 15.8 Å². The van der Waals surface area contributed by atoms with Gasteiger partial charge in [0.2, 0.25) is 6.41 Å². The molecule has 0 aromatic carbocycles. The normalized spacial score (nSPS) is 9.42. The maximum Gasteiger partial charge on any atom is 0.348 e. The Morgan fingerprint density at radius 1 is 1.75 bits per heavy atom. The van der Waals surface area contributed by atoms with Gasteiger partial charge in [0.05, 0.1) is 5.69 Å². The molecule has 2 N–H and O–H groups in total. The van der Waals surface area contributed by atoms with E-state index < -0.39 is 5.97 Å². The molecule has 0 aliphatic carbocycles. The van der Waals surface area contributed by atoms with E-state index in [1.54, 1.807) is 12.3 Å². The van der Waals surface area contributed by atoms with Gasteiger partial charge in [0.25, 0.3) is 0 Å². The molecule has 0 saturated heterocycles. The lowest BCUT2D eigenvalue weighted by Crippen LogP contribution is -2.01. The van der Waals surface area contributed by atoms with Gasteiger partial charge in [-0.05, 0) is 17.9 Å². The van der Waals surface area contributed by atoms with E-state index in [-0.39, 0.29) is 4.88 Å². The minimum atomic E-state index is -1.02. The zero-order chi connectivity index (χ0) is 9.14. The van der Waals surface area contributed by atoms with E-state index in [9.17, 15) is 9.59 Å². The van der Waals surface area contributed by atoms with E-state index in [1.165, 1.54) is 0 Å². The highest BCUT2D eigenvalue weighted by atomic mass is 32.1. The summed E-state index contributed by atoms with van der Waals surface area (Å²) >= 11 is 1.10. The van der Waals surface area contributed by atoms with Crippen LogP contribution in [0.4, 0.5) is 5.69 Å². The average Bonchev–Trinajstić information content (AvgIpc) is 2.34. The van der Waals surface area contributed by atoms with Crippen LogP contribution in [0.15, 0.2) is 5.38 Å². The fourth-order valence-electron chi connectivity index (χ4n) is 0.840. The second-order valence-electron chi connectivity index (χ2n) is 2.19. The number of aromatic carboxylic acids is 1. The summed E-state index contributed by atoms with van der Waals surface area (Å²) in [5.74, 6) is -1.02. The Morgan fingerprint density at radius 2 is 2.42 bits per heavy atom. The largest absolute Gasteiger partial charge is 0.477 e. The molecule has 0 aliphatic heterocycles. The van der Waals surface area contributed by atoms with Crippen molar-refractivity contribution < 1.29 is 14.7 Å². The standard InChI is InChI=1S/C7H7NO3S/c1-4-2-12-6(7(10)11)5(4)8-3-9/h2-3H,1H3,(H,8,9)(H,10,11). The van der Waals surface area contributed by atoms with Gasteiger partial charge in [-0.2, -0.15) is 0 Å². The number of carboxylic acids is 1. The monoisotopic (exact) mass is 185 g/mol. The predicted octanol–water partition coefficient (Wildman–Crippen LogP) is 1.32. The smallest absolute Gasteiger partial charge is 0.348 e. The van der Waals surface area contributed by atoms with Crippen LogP contribution < -0.4 is 5.32 Å². The van der Waals surface area contributed by atoms with Gasteiger partial charge in [0, 0.05) is 0 Å². The van der Waals surface area contributed by atoms with E-state index in [0.29, 0.717) is 12.1 Å². The molecule has 0 saturated carbocycles. The van der Waals surface area contributed by atoms with Crippen molar-refractivity contribution in [3.63, 3.8) is 0 Å². The number of carboxylic acid groups (broad SMARTS) is 1. The third-order valence-corrected chi connectivity index (χ3v) is 2.46. The van der Waals surface area contributed by atoms with Crippen LogP contribution in [0.5, 0.6) is 0 Å². The molecular formula is C7H7NO3S. The van der Waals surface area contributed by atoms with E-state index in [4.69, 9.17) is 5.11 Å². The molecule has 0 spiro atoms. The lowest BCUT2D eigenvalue weighted by Gasteiger charge is -1.97. The van der Waals surface area contributed by atoms with Crippen molar-refractivity contribution in [1.82, 2.24) is 0 Å². The summed E-state index contributed by atoms with van der Waals surface area (Å²) in [7, 11) is 0. The number of amides is 1. The summed E-state index contributed by atoms with van der Waals surface area (Å²) in [6, 6.07) is 0. The van der Waals surface area contributed by atoms with Crippen LogP contribution in [-0.2, 0) is 4.79 Å². The first kappa shape index (κ1) is 8.73. The molecule has 1 aromatic heterocycles. The van der Waals surface area contributed by atoms with E-state index >= 15 is 0 Å². The number of carbonyl (C=O) groups is 2. The van der Waals surface area contributed by atoms with Crippen LogP contribution in [0.3, 0.4) is 0 Å². The zero-order valence-electron chi connectivity index (χ0n) is 6.33. The lowest BCUT2D eigenvalue weighted by atomic mass is 10.3. The first-order valence-corrected chi connectivity index (χ1v) is 4.06. The molecule has 1 heterocycles. The van der Waals surface area contributed by atoms with Gasteiger partial charge < -0.3 is 10.4 Å². The maximum absolute atomic E-state index is 10.6. The molecule has 0 radical (unpaired) electrons.